The molecule has 0 bridgehead atoms. The molecule has 1 saturated heterocycles. The molecule has 5 nitrogen and oxygen atoms in total. The Morgan fingerprint density at radius 3 is 2.77 bits per heavy atom. The van der Waals surface area contributed by atoms with E-state index in [9.17, 15) is 9.59 Å². The molecular formula is C17H27N3O2. The van der Waals surface area contributed by atoms with Crippen LogP contribution in [-0.4, -0.2) is 54.4 Å². The van der Waals surface area contributed by atoms with Gasteiger partial charge in [-0.1, -0.05) is 13.8 Å². The predicted octanol–water partition coefficient (Wildman–Crippen LogP) is 1.60. The van der Waals surface area contributed by atoms with Gasteiger partial charge in [0, 0.05) is 37.5 Å². The smallest absolute Gasteiger partial charge is 0.253 e. The molecule has 1 aromatic heterocycles. The summed E-state index contributed by atoms with van der Waals surface area (Å²) in [5.41, 5.74) is 1.13. The van der Waals surface area contributed by atoms with Crippen LogP contribution in [0.25, 0.3) is 0 Å². The molecule has 22 heavy (non-hydrogen) atoms. The first-order valence-corrected chi connectivity index (χ1v) is 8.02. The molecule has 0 aliphatic carbocycles. The SMILES string of the molecule is CC(C)Cc1cc(C(=O)N(C)C[C@@H]2CCN(C)C2)cc(=O)[nH]1. The highest BCUT2D eigenvalue weighted by molar-refractivity contribution is 5.94. The van der Waals surface area contributed by atoms with Gasteiger partial charge in [0.15, 0.2) is 0 Å². The minimum absolute atomic E-state index is 0.0642. The topological polar surface area (TPSA) is 56.4 Å². The molecule has 1 N–H and O–H groups in total. The third kappa shape index (κ3) is 4.44. The Balaban J connectivity index is 2.07. The molecule has 0 unspecified atom stereocenters. The van der Waals surface area contributed by atoms with Gasteiger partial charge in [-0.2, -0.15) is 0 Å². The Hall–Kier alpha value is -1.62. The van der Waals surface area contributed by atoms with Gasteiger partial charge in [0.1, 0.15) is 0 Å². The zero-order valence-electron chi connectivity index (χ0n) is 14.1. The Morgan fingerprint density at radius 2 is 2.18 bits per heavy atom. The zero-order valence-corrected chi connectivity index (χ0v) is 14.1. The van der Waals surface area contributed by atoms with Crippen LogP contribution in [0.15, 0.2) is 16.9 Å². The van der Waals surface area contributed by atoms with Crippen LogP contribution in [0.5, 0.6) is 0 Å². The van der Waals surface area contributed by atoms with Crippen molar-refractivity contribution in [1.82, 2.24) is 14.8 Å². The first-order chi connectivity index (χ1) is 10.3. The lowest BCUT2D eigenvalue weighted by Crippen LogP contribution is -2.33. The van der Waals surface area contributed by atoms with E-state index in [4.69, 9.17) is 0 Å². The van der Waals surface area contributed by atoms with Crippen LogP contribution in [0.2, 0.25) is 0 Å². The molecule has 1 amide bonds. The van der Waals surface area contributed by atoms with E-state index in [1.165, 1.54) is 6.07 Å². The molecule has 2 rings (SSSR count). The standard InChI is InChI=1S/C17H27N3O2/c1-12(2)7-15-8-14(9-16(21)18-15)17(22)20(4)11-13-5-6-19(3)10-13/h8-9,12-13H,5-7,10-11H2,1-4H3,(H,18,21)/t13-/m1/s1. The Labute approximate surface area is 132 Å². The number of pyridine rings is 1. The number of nitrogens with one attached hydrogen (secondary N) is 1. The summed E-state index contributed by atoms with van der Waals surface area (Å²) in [6.45, 7) is 7.06. The summed E-state index contributed by atoms with van der Waals surface area (Å²) in [7, 11) is 3.93. The fraction of sp³-hybridized carbons (Fsp3) is 0.647. The molecule has 1 aliphatic heterocycles. The van der Waals surface area contributed by atoms with Gasteiger partial charge >= 0.3 is 0 Å². The molecule has 122 valence electrons. The number of rotatable bonds is 5. The second-order valence-corrected chi connectivity index (χ2v) is 6.96. The lowest BCUT2D eigenvalue weighted by Gasteiger charge is -2.21. The van der Waals surface area contributed by atoms with Crippen molar-refractivity contribution in [3.63, 3.8) is 0 Å². The van der Waals surface area contributed by atoms with Crippen molar-refractivity contribution in [2.45, 2.75) is 26.7 Å². The van der Waals surface area contributed by atoms with Gasteiger partial charge in [-0.05, 0) is 44.3 Å². The van der Waals surface area contributed by atoms with Gasteiger partial charge in [0.2, 0.25) is 5.56 Å². The molecule has 1 fully saturated rings. The average Bonchev–Trinajstić information content (AvgIpc) is 2.81. The highest BCUT2D eigenvalue weighted by Gasteiger charge is 2.23. The van der Waals surface area contributed by atoms with Crippen molar-refractivity contribution < 1.29 is 4.79 Å². The van der Waals surface area contributed by atoms with Crippen molar-refractivity contribution >= 4 is 5.91 Å². The van der Waals surface area contributed by atoms with E-state index in [2.05, 4.69) is 30.8 Å². The second kappa shape index (κ2) is 7.09. The maximum Gasteiger partial charge on any atom is 0.253 e. The first-order valence-electron chi connectivity index (χ1n) is 8.02. The lowest BCUT2D eigenvalue weighted by molar-refractivity contribution is 0.0773. The van der Waals surface area contributed by atoms with Crippen LogP contribution in [0, 0.1) is 11.8 Å². The van der Waals surface area contributed by atoms with Gasteiger partial charge in [-0.3, -0.25) is 9.59 Å². The molecular weight excluding hydrogens is 278 g/mol. The molecule has 0 spiro atoms. The Morgan fingerprint density at radius 1 is 1.45 bits per heavy atom. The number of hydrogen-bond acceptors (Lipinski definition) is 3. The maximum absolute atomic E-state index is 12.6. The summed E-state index contributed by atoms with van der Waals surface area (Å²) in [6, 6.07) is 3.23. The van der Waals surface area contributed by atoms with E-state index >= 15 is 0 Å². The predicted molar refractivity (Wildman–Crippen MR) is 88.2 cm³/mol. The molecule has 0 aromatic carbocycles. The van der Waals surface area contributed by atoms with E-state index in [0.717, 1.165) is 38.2 Å². The highest BCUT2D eigenvalue weighted by Crippen LogP contribution is 2.16. The monoisotopic (exact) mass is 305 g/mol. The zero-order chi connectivity index (χ0) is 16.3. The quantitative estimate of drug-likeness (QED) is 0.899. The van der Waals surface area contributed by atoms with Crippen LogP contribution in [0.3, 0.4) is 0 Å². The number of likely N-dealkylation sites (tertiary alicyclic amines) is 1. The minimum Gasteiger partial charge on any atom is -0.341 e. The lowest BCUT2D eigenvalue weighted by atomic mass is 10.1. The molecule has 0 radical (unpaired) electrons. The van der Waals surface area contributed by atoms with E-state index in [-0.39, 0.29) is 11.5 Å². The van der Waals surface area contributed by atoms with Gasteiger partial charge in [-0.15, -0.1) is 0 Å². The Kier molecular flexibility index (Phi) is 5.40. The molecule has 1 aliphatic rings. The average molecular weight is 305 g/mol. The van der Waals surface area contributed by atoms with Gasteiger partial charge in [-0.25, -0.2) is 0 Å². The highest BCUT2D eigenvalue weighted by atomic mass is 16.2. The number of carbonyl (C=O) groups is 1. The number of nitrogens with zero attached hydrogens (tertiary/aromatic N) is 2. The maximum atomic E-state index is 12.6. The van der Waals surface area contributed by atoms with Gasteiger partial charge < -0.3 is 14.8 Å². The number of aromatic nitrogens is 1. The molecule has 1 aromatic rings. The summed E-state index contributed by atoms with van der Waals surface area (Å²) < 4.78 is 0. The first kappa shape index (κ1) is 16.7. The fourth-order valence-corrected chi connectivity index (χ4v) is 3.14. The van der Waals surface area contributed by atoms with Crippen LogP contribution in [-0.2, 0) is 6.42 Å². The molecule has 1 atom stereocenters. The molecule has 5 heteroatoms. The van der Waals surface area contributed by atoms with Crippen LogP contribution >= 0.6 is 0 Å². The summed E-state index contributed by atoms with van der Waals surface area (Å²) >= 11 is 0. The van der Waals surface area contributed by atoms with Crippen LogP contribution in [0.4, 0.5) is 0 Å². The van der Waals surface area contributed by atoms with E-state index in [0.29, 0.717) is 17.4 Å². The number of hydrogen-bond donors (Lipinski definition) is 1. The minimum atomic E-state index is -0.199. The number of amides is 1. The number of H-pyrrole nitrogens is 1. The molecule has 0 saturated carbocycles. The summed E-state index contributed by atoms with van der Waals surface area (Å²) in [4.78, 5) is 31.2. The van der Waals surface area contributed by atoms with Gasteiger partial charge in [0.05, 0.1) is 0 Å². The van der Waals surface area contributed by atoms with Crippen molar-refractivity contribution in [3.05, 3.63) is 33.7 Å². The van der Waals surface area contributed by atoms with Crippen molar-refractivity contribution in [2.75, 3.05) is 33.7 Å². The van der Waals surface area contributed by atoms with Crippen molar-refractivity contribution in [3.8, 4) is 0 Å². The largest absolute Gasteiger partial charge is 0.341 e. The van der Waals surface area contributed by atoms with Crippen LogP contribution in [0.1, 0.15) is 36.3 Å². The molecule has 2 heterocycles. The van der Waals surface area contributed by atoms with E-state index < -0.39 is 0 Å². The van der Waals surface area contributed by atoms with Crippen molar-refractivity contribution in [1.29, 1.82) is 0 Å². The van der Waals surface area contributed by atoms with E-state index in [1.54, 1.807) is 4.90 Å². The summed E-state index contributed by atoms with van der Waals surface area (Å²) in [5.74, 6) is 0.898. The number of carbonyl (C=O) groups excluding carboxylic acids is 1. The second-order valence-electron chi connectivity index (χ2n) is 6.96. The summed E-state index contributed by atoms with van der Waals surface area (Å²) in [6.07, 6.45) is 1.90. The van der Waals surface area contributed by atoms with Crippen molar-refractivity contribution in [2.24, 2.45) is 11.8 Å². The normalized spacial score (nSPS) is 18.9. The third-order valence-electron chi connectivity index (χ3n) is 4.14. The van der Waals surface area contributed by atoms with Crippen LogP contribution < -0.4 is 5.56 Å². The van der Waals surface area contributed by atoms with Gasteiger partial charge in [0.25, 0.3) is 5.91 Å². The fourth-order valence-electron chi connectivity index (χ4n) is 3.14. The third-order valence-corrected chi connectivity index (χ3v) is 4.14. The van der Waals surface area contributed by atoms with E-state index in [1.807, 2.05) is 13.1 Å². The number of aromatic amines is 1. The summed E-state index contributed by atoms with van der Waals surface area (Å²) in [5, 5.41) is 0. The Bertz CT molecular complexity index is 580.